The van der Waals surface area contributed by atoms with Gasteiger partial charge in [-0.3, -0.25) is 0 Å². The summed E-state index contributed by atoms with van der Waals surface area (Å²) in [6, 6.07) is 9.94. The fraction of sp³-hybridized carbons (Fsp3) is 0.667. The van der Waals surface area contributed by atoms with Gasteiger partial charge in [0.05, 0.1) is 0 Å². The Hall–Kier alpha value is -0.860. The van der Waals surface area contributed by atoms with E-state index in [2.05, 4.69) is 55.7 Å². The Morgan fingerprint density at radius 3 is 2.25 bits per heavy atom. The van der Waals surface area contributed by atoms with E-state index in [4.69, 9.17) is 0 Å². The minimum atomic E-state index is 0.188. The Balaban J connectivity index is 1.62. The lowest BCUT2D eigenvalue weighted by molar-refractivity contribution is 0.424. The highest BCUT2D eigenvalue weighted by Gasteiger charge is 2.19. The molecule has 2 heteroatoms. The highest BCUT2D eigenvalue weighted by atomic mass is 14.9. The van der Waals surface area contributed by atoms with Crippen LogP contribution >= 0.6 is 0 Å². The topological polar surface area (TPSA) is 24.1 Å². The maximum Gasteiger partial charge on any atom is 0.0210 e. The molecule has 0 atom stereocenters. The van der Waals surface area contributed by atoms with Gasteiger partial charge >= 0.3 is 0 Å². The average molecular weight is 274 g/mol. The van der Waals surface area contributed by atoms with Gasteiger partial charge in [0.15, 0.2) is 0 Å². The van der Waals surface area contributed by atoms with Crippen LogP contribution in [0, 0.1) is 0 Å². The summed E-state index contributed by atoms with van der Waals surface area (Å²) in [6.07, 6.45) is 6.58. The predicted molar refractivity (Wildman–Crippen MR) is 87.0 cm³/mol. The third-order valence-electron chi connectivity index (χ3n) is 3.75. The number of rotatable bonds is 8. The molecule has 1 aliphatic rings. The SMILES string of the molecule is CC(C)(C)NCc1ccc(CCCCNC2CC2)cc1. The first-order valence-corrected chi connectivity index (χ1v) is 8.09. The lowest BCUT2D eigenvalue weighted by Crippen LogP contribution is -2.35. The lowest BCUT2D eigenvalue weighted by Gasteiger charge is -2.20. The van der Waals surface area contributed by atoms with E-state index in [1.807, 2.05) is 0 Å². The first kappa shape index (κ1) is 15.5. The number of aryl methyl sites for hydroxylation is 1. The van der Waals surface area contributed by atoms with Crippen molar-refractivity contribution in [1.82, 2.24) is 10.6 Å². The molecule has 1 saturated carbocycles. The second-order valence-corrected chi connectivity index (χ2v) is 7.11. The van der Waals surface area contributed by atoms with Crippen molar-refractivity contribution < 1.29 is 0 Å². The second-order valence-electron chi connectivity index (χ2n) is 7.11. The van der Waals surface area contributed by atoms with Crippen molar-refractivity contribution in [2.45, 2.75) is 71.0 Å². The Morgan fingerprint density at radius 2 is 1.65 bits per heavy atom. The molecule has 0 saturated heterocycles. The maximum absolute atomic E-state index is 3.57. The second kappa shape index (κ2) is 7.24. The van der Waals surface area contributed by atoms with Crippen LogP contribution in [0.5, 0.6) is 0 Å². The minimum absolute atomic E-state index is 0.188. The highest BCUT2D eigenvalue weighted by Crippen LogP contribution is 2.18. The van der Waals surface area contributed by atoms with Crippen LogP contribution in [-0.2, 0) is 13.0 Å². The Morgan fingerprint density at radius 1 is 1.00 bits per heavy atom. The monoisotopic (exact) mass is 274 g/mol. The zero-order valence-corrected chi connectivity index (χ0v) is 13.3. The number of hydrogen-bond acceptors (Lipinski definition) is 2. The van der Waals surface area contributed by atoms with Gasteiger partial charge in [0, 0.05) is 18.1 Å². The summed E-state index contributed by atoms with van der Waals surface area (Å²) < 4.78 is 0. The van der Waals surface area contributed by atoms with Crippen molar-refractivity contribution in [3.8, 4) is 0 Å². The molecule has 20 heavy (non-hydrogen) atoms. The quantitative estimate of drug-likeness (QED) is 0.707. The molecule has 0 unspecified atom stereocenters. The van der Waals surface area contributed by atoms with E-state index in [-0.39, 0.29) is 5.54 Å². The third kappa shape index (κ3) is 6.53. The van der Waals surface area contributed by atoms with Crippen molar-refractivity contribution in [3.63, 3.8) is 0 Å². The molecule has 0 heterocycles. The molecule has 1 aromatic carbocycles. The van der Waals surface area contributed by atoms with E-state index in [0.717, 1.165) is 12.6 Å². The molecule has 2 nitrogen and oxygen atoms in total. The minimum Gasteiger partial charge on any atom is -0.314 e. The molecular formula is C18H30N2. The standard InChI is InChI=1S/C18H30N2/c1-18(2,3)20-14-16-9-7-15(8-10-16)6-4-5-13-19-17-11-12-17/h7-10,17,19-20H,4-6,11-14H2,1-3H3. The summed E-state index contributed by atoms with van der Waals surface area (Å²) in [6.45, 7) is 8.76. The first-order valence-electron chi connectivity index (χ1n) is 8.09. The van der Waals surface area contributed by atoms with Crippen molar-refractivity contribution in [2.75, 3.05) is 6.54 Å². The fourth-order valence-corrected chi connectivity index (χ4v) is 2.24. The van der Waals surface area contributed by atoms with Crippen LogP contribution in [0.2, 0.25) is 0 Å². The van der Waals surface area contributed by atoms with Crippen LogP contribution in [0.1, 0.15) is 57.6 Å². The molecule has 0 aromatic heterocycles. The molecule has 0 aliphatic heterocycles. The molecule has 112 valence electrons. The molecule has 0 amide bonds. The third-order valence-corrected chi connectivity index (χ3v) is 3.75. The highest BCUT2D eigenvalue weighted by molar-refractivity contribution is 5.22. The van der Waals surface area contributed by atoms with Gasteiger partial charge in [-0.1, -0.05) is 24.3 Å². The summed E-state index contributed by atoms with van der Waals surface area (Å²) in [5.41, 5.74) is 3.03. The van der Waals surface area contributed by atoms with Gasteiger partial charge < -0.3 is 10.6 Å². The van der Waals surface area contributed by atoms with Crippen molar-refractivity contribution in [3.05, 3.63) is 35.4 Å². The van der Waals surface area contributed by atoms with Crippen LogP contribution < -0.4 is 10.6 Å². The van der Waals surface area contributed by atoms with Crippen molar-refractivity contribution in [2.24, 2.45) is 0 Å². The van der Waals surface area contributed by atoms with E-state index in [1.165, 1.54) is 49.8 Å². The Labute approximate surface area is 124 Å². The maximum atomic E-state index is 3.57. The summed E-state index contributed by atoms with van der Waals surface area (Å²) in [5.74, 6) is 0. The van der Waals surface area contributed by atoms with Crippen LogP contribution in [0.3, 0.4) is 0 Å². The van der Waals surface area contributed by atoms with Crippen LogP contribution in [0.25, 0.3) is 0 Å². The van der Waals surface area contributed by atoms with Gasteiger partial charge in [-0.15, -0.1) is 0 Å². The predicted octanol–water partition coefficient (Wildman–Crippen LogP) is 3.65. The molecule has 0 bridgehead atoms. The zero-order valence-electron chi connectivity index (χ0n) is 13.3. The normalized spacial score (nSPS) is 15.6. The van der Waals surface area contributed by atoms with Gasteiger partial charge in [0.2, 0.25) is 0 Å². The smallest absolute Gasteiger partial charge is 0.0210 e. The average Bonchev–Trinajstić information content (AvgIpc) is 3.20. The lowest BCUT2D eigenvalue weighted by atomic mass is 10.0. The van der Waals surface area contributed by atoms with E-state index in [1.54, 1.807) is 0 Å². The van der Waals surface area contributed by atoms with Gasteiger partial charge in [0.25, 0.3) is 0 Å². The van der Waals surface area contributed by atoms with Crippen molar-refractivity contribution >= 4 is 0 Å². The number of benzene rings is 1. The van der Waals surface area contributed by atoms with Crippen molar-refractivity contribution in [1.29, 1.82) is 0 Å². The molecule has 0 spiro atoms. The molecule has 0 radical (unpaired) electrons. The number of hydrogen-bond donors (Lipinski definition) is 2. The summed E-state index contributed by atoms with van der Waals surface area (Å²) in [5, 5.41) is 7.10. The first-order chi connectivity index (χ1) is 9.53. The van der Waals surface area contributed by atoms with Crippen LogP contribution in [0.4, 0.5) is 0 Å². The molecule has 2 rings (SSSR count). The van der Waals surface area contributed by atoms with Gasteiger partial charge in [-0.25, -0.2) is 0 Å². The van der Waals surface area contributed by atoms with E-state index in [9.17, 15) is 0 Å². The van der Waals surface area contributed by atoms with Crippen LogP contribution in [0.15, 0.2) is 24.3 Å². The van der Waals surface area contributed by atoms with E-state index < -0.39 is 0 Å². The number of nitrogens with one attached hydrogen (secondary N) is 2. The zero-order chi connectivity index (χ0) is 14.4. The summed E-state index contributed by atoms with van der Waals surface area (Å²) in [4.78, 5) is 0. The van der Waals surface area contributed by atoms with E-state index in [0.29, 0.717) is 0 Å². The Kier molecular flexibility index (Phi) is 5.62. The van der Waals surface area contributed by atoms with Crippen LogP contribution in [-0.4, -0.2) is 18.1 Å². The molecule has 2 N–H and O–H groups in total. The largest absolute Gasteiger partial charge is 0.314 e. The van der Waals surface area contributed by atoms with Gasteiger partial charge in [0.1, 0.15) is 0 Å². The molecular weight excluding hydrogens is 244 g/mol. The fourth-order valence-electron chi connectivity index (χ4n) is 2.24. The van der Waals surface area contributed by atoms with Gasteiger partial charge in [-0.05, 0) is 70.5 Å². The molecule has 1 aromatic rings. The summed E-state index contributed by atoms with van der Waals surface area (Å²) >= 11 is 0. The molecule has 1 aliphatic carbocycles. The number of unbranched alkanes of at least 4 members (excludes halogenated alkanes) is 1. The van der Waals surface area contributed by atoms with E-state index >= 15 is 0 Å². The van der Waals surface area contributed by atoms with Gasteiger partial charge in [-0.2, -0.15) is 0 Å². The summed E-state index contributed by atoms with van der Waals surface area (Å²) in [7, 11) is 0. The Bertz CT molecular complexity index is 385. The molecule has 1 fully saturated rings.